The lowest BCUT2D eigenvalue weighted by atomic mass is 10.3. The summed E-state index contributed by atoms with van der Waals surface area (Å²) in [6, 6.07) is 6.54. The first-order valence-corrected chi connectivity index (χ1v) is 5.26. The highest BCUT2D eigenvalue weighted by molar-refractivity contribution is 5.92. The fraction of sp³-hybridized carbons (Fsp3) is 0.0833. The topological polar surface area (TPSA) is 90.1 Å². The zero-order chi connectivity index (χ0) is 13.0. The predicted molar refractivity (Wildman–Crippen MR) is 66.4 cm³/mol. The summed E-state index contributed by atoms with van der Waals surface area (Å²) in [5, 5.41) is 2.49. The number of aromatic nitrogens is 2. The van der Waals surface area contributed by atoms with Crippen LogP contribution in [0.25, 0.3) is 0 Å². The predicted octanol–water partition coefficient (Wildman–Crippen LogP) is 1.21. The van der Waals surface area contributed by atoms with Gasteiger partial charge in [-0.2, -0.15) is 0 Å². The molecule has 2 heterocycles. The highest BCUT2D eigenvalue weighted by atomic mass is 16.5. The fourth-order valence-electron chi connectivity index (χ4n) is 1.32. The summed E-state index contributed by atoms with van der Waals surface area (Å²) in [5.74, 6) is 1.20. The number of hydrogen-bond acceptors (Lipinski definition) is 5. The van der Waals surface area contributed by atoms with Crippen LogP contribution in [0.1, 0.15) is 10.5 Å². The Hall–Kier alpha value is -2.63. The molecule has 3 N–H and O–H groups in total. The van der Waals surface area contributed by atoms with E-state index >= 15 is 0 Å². The SMILES string of the molecule is CNC(=O)c1cc(Oc2ccc(N)nc2)ccn1. The minimum absolute atomic E-state index is 0.268. The second-order valence-corrected chi connectivity index (χ2v) is 3.48. The minimum atomic E-state index is -0.268. The van der Waals surface area contributed by atoms with Crippen LogP contribution < -0.4 is 15.8 Å². The van der Waals surface area contributed by atoms with Gasteiger partial charge in [0.15, 0.2) is 0 Å². The Bertz CT molecular complexity index is 554. The third kappa shape index (κ3) is 2.73. The van der Waals surface area contributed by atoms with Crippen molar-refractivity contribution < 1.29 is 9.53 Å². The molecule has 0 unspecified atom stereocenters. The van der Waals surface area contributed by atoms with Crippen LogP contribution in [0.5, 0.6) is 11.5 Å². The third-order valence-corrected chi connectivity index (χ3v) is 2.19. The minimum Gasteiger partial charge on any atom is -0.456 e. The average molecular weight is 244 g/mol. The molecule has 2 aromatic rings. The zero-order valence-electron chi connectivity index (χ0n) is 9.75. The average Bonchev–Trinajstić information content (AvgIpc) is 2.41. The molecule has 0 aliphatic rings. The van der Waals surface area contributed by atoms with Crippen molar-refractivity contribution in [2.75, 3.05) is 12.8 Å². The molecule has 0 aromatic carbocycles. The van der Waals surface area contributed by atoms with Gasteiger partial charge in [-0.1, -0.05) is 0 Å². The van der Waals surface area contributed by atoms with Crippen LogP contribution >= 0.6 is 0 Å². The van der Waals surface area contributed by atoms with Gasteiger partial charge in [0.1, 0.15) is 23.0 Å². The number of nitrogens with two attached hydrogens (primary N) is 1. The van der Waals surface area contributed by atoms with Gasteiger partial charge >= 0.3 is 0 Å². The molecule has 1 amide bonds. The van der Waals surface area contributed by atoms with Gasteiger partial charge in [-0.3, -0.25) is 9.78 Å². The van der Waals surface area contributed by atoms with Crippen LogP contribution in [-0.2, 0) is 0 Å². The van der Waals surface area contributed by atoms with Crippen LogP contribution in [0, 0.1) is 0 Å². The molecular weight excluding hydrogens is 232 g/mol. The summed E-state index contributed by atoms with van der Waals surface area (Å²) in [5.41, 5.74) is 5.76. The maximum absolute atomic E-state index is 11.4. The number of hydrogen-bond donors (Lipinski definition) is 2. The smallest absolute Gasteiger partial charge is 0.269 e. The number of nitrogen functional groups attached to an aromatic ring is 1. The largest absolute Gasteiger partial charge is 0.456 e. The van der Waals surface area contributed by atoms with Gasteiger partial charge in [0.25, 0.3) is 5.91 Å². The van der Waals surface area contributed by atoms with E-state index in [1.807, 2.05) is 0 Å². The maximum atomic E-state index is 11.4. The molecule has 0 radical (unpaired) electrons. The van der Waals surface area contributed by atoms with Crippen molar-refractivity contribution >= 4 is 11.7 Å². The van der Waals surface area contributed by atoms with Crippen LogP contribution in [0.3, 0.4) is 0 Å². The van der Waals surface area contributed by atoms with E-state index in [0.717, 1.165) is 0 Å². The molecule has 0 aliphatic carbocycles. The molecule has 2 rings (SSSR count). The normalized spacial score (nSPS) is 9.83. The molecule has 92 valence electrons. The number of carbonyl (C=O) groups is 1. The van der Waals surface area contributed by atoms with Crippen molar-refractivity contribution in [3.8, 4) is 11.5 Å². The summed E-state index contributed by atoms with van der Waals surface area (Å²) in [7, 11) is 1.54. The second-order valence-electron chi connectivity index (χ2n) is 3.48. The van der Waals surface area contributed by atoms with E-state index in [9.17, 15) is 4.79 Å². The van der Waals surface area contributed by atoms with E-state index in [-0.39, 0.29) is 5.91 Å². The molecule has 0 saturated carbocycles. The first kappa shape index (κ1) is 11.8. The Morgan fingerprint density at radius 2 is 2.11 bits per heavy atom. The Balaban J connectivity index is 2.19. The number of ether oxygens (including phenoxy) is 1. The van der Waals surface area contributed by atoms with E-state index in [2.05, 4.69) is 15.3 Å². The molecule has 0 atom stereocenters. The molecule has 6 nitrogen and oxygen atoms in total. The highest BCUT2D eigenvalue weighted by Gasteiger charge is 2.06. The van der Waals surface area contributed by atoms with Gasteiger partial charge in [0.2, 0.25) is 0 Å². The second kappa shape index (κ2) is 5.13. The third-order valence-electron chi connectivity index (χ3n) is 2.19. The van der Waals surface area contributed by atoms with Crippen molar-refractivity contribution in [3.05, 3.63) is 42.4 Å². The van der Waals surface area contributed by atoms with Crippen molar-refractivity contribution in [1.82, 2.24) is 15.3 Å². The lowest BCUT2D eigenvalue weighted by Gasteiger charge is -2.06. The van der Waals surface area contributed by atoms with Crippen LogP contribution in [0.2, 0.25) is 0 Å². The Kier molecular flexibility index (Phi) is 3.38. The Labute approximate surface area is 104 Å². The molecule has 6 heteroatoms. The quantitative estimate of drug-likeness (QED) is 0.847. The Morgan fingerprint density at radius 1 is 1.28 bits per heavy atom. The molecule has 0 saturated heterocycles. The van der Waals surface area contributed by atoms with Crippen molar-refractivity contribution in [2.24, 2.45) is 0 Å². The highest BCUT2D eigenvalue weighted by Crippen LogP contribution is 2.20. The van der Waals surface area contributed by atoms with E-state index < -0.39 is 0 Å². The van der Waals surface area contributed by atoms with E-state index in [0.29, 0.717) is 23.0 Å². The molecule has 0 spiro atoms. The fourth-order valence-corrected chi connectivity index (χ4v) is 1.32. The number of nitrogens with zero attached hydrogens (tertiary/aromatic N) is 2. The Morgan fingerprint density at radius 3 is 2.78 bits per heavy atom. The number of amides is 1. The number of pyridine rings is 2. The van der Waals surface area contributed by atoms with Crippen molar-refractivity contribution in [3.63, 3.8) is 0 Å². The summed E-state index contributed by atoms with van der Waals surface area (Å²) < 4.78 is 5.53. The number of anilines is 1. The number of carbonyl (C=O) groups excluding carboxylic acids is 1. The zero-order valence-corrected chi connectivity index (χ0v) is 9.75. The monoisotopic (exact) mass is 244 g/mol. The van der Waals surface area contributed by atoms with E-state index in [1.165, 1.54) is 12.4 Å². The lowest BCUT2D eigenvalue weighted by molar-refractivity contribution is 0.0958. The lowest BCUT2D eigenvalue weighted by Crippen LogP contribution is -2.18. The van der Waals surface area contributed by atoms with Gasteiger partial charge in [0.05, 0.1) is 6.20 Å². The van der Waals surface area contributed by atoms with Gasteiger partial charge < -0.3 is 15.8 Å². The summed E-state index contributed by atoms with van der Waals surface area (Å²) >= 11 is 0. The summed E-state index contributed by atoms with van der Waals surface area (Å²) in [6.45, 7) is 0. The summed E-state index contributed by atoms with van der Waals surface area (Å²) in [6.07, 6.45) is 3.01. The van der Waals surface area contributed by atoms with Crippen LogP contribution in [0.15, 0.2) is 36.7 Å². The van der Waals surface area contributed by atoms with Gasteiger partial charge in [-0.05, 0) is 18.2 Å². The van der Waals surface area contributed by atoms with Gasteiger partial charge in [-0.15, -0.1) is 0 Å². The summed E-state index contributed by atoms with van der Waals surface area (Å²) in [4.78, 5) is 19.2. The molecule has 2 aromatic heterocycles. The van der Waals surface area contributed by atoms with Gasteiger partial charge in [-0.25, -0.2) is 4.98 Å². The number of rotatable bonds is 3. The molecule has 0 bridgehead atoms. The van der Waals surface area contributed by atoms with Crippen LogP contribution in [0.4, 0.5) is 5.82 Å². The standard InChI is InChI=1S/C12H12N4O2/c1-14-12(17)10-6-8(4-5-15-10)18-9-2-3-11(13)16-7-9/h2-7H,1H3,(H2,13,16)(H,14,17). The van der Waals surface area contributed by atoms with Crippen molar-refractivity contribution in [2.45, 2.75) is 0 Å². The van der Waals surface area contributed by atoms with Crippen LogP contribution in [-0.4, -0.2) is 22.9 Å². The van der Waals surface area contributed by atoms with E-state index in [4.69, 9.17) is 10.5 Å². The number of nitrogens with one attached hydrogen (secondary N) is 1. The first-order chi connectivity index (χ1) is 8.69. The van der Waals surface area contributed by atoms with Crippen molar-refractivity contribution in [1.29, 1.82) is 0 Å². The molecule has 18 heavy (non-hydrogen) atoms. The first-order valence-electron chi connectivity index (χ1n) is 5.26. The molecule has 0 aliphatic heterocycles. The maximum Gasteiger partial charge on any atom is 0.269 e. The van der Waals surface area contributed by atoms with E-state index in [1.54, 1.807) is 31.3 Å². The molecular formula is C12H12N4O2. The van der Waals surface area contributed by atoms with Gasteiger partial charge in [0, 0.05) is 19.3 Å². The molecule has 0 fully saturated rings.